The molecule has 0 N–H and O–H groups in total. The molecule has 0 radical (unpaired) electrons. The van der Waals surface area contributed by atoms with Gasteiger partial charge in [0, 0.05) is 24.3 Å². The van der Waals surface area contributed by atoms with Crippen molar-refractivity contribution < 1.29 is 4.79 Å². The van der Waals surface area contributed by atoms with Crippen LogP contribution in [0.5, 0.6) is 0 Å². The Labute approximate surface area is 112 Å². The highest BCUT2D eigenvalue weighted by molar-refractivity contribution is 7.12. The third-order valence-corrected chi connectivity index (χ3v) is 3.87. The van der Waals surface area contributed by atoms with Crippen LogP contribution < -0.4 is 4.90 Å². The average Bonchev–Trinajstić information content (AvgIpc) is 2.94. The van der Waals surface area contributed by atoms with Gasteiger partial charge in [-0.05, 0) is 49.6 Å². The Bertz CT molecular complexity index is 498. The van der Waals surface area contributed by atoms with Crippen LogP contribution in [0.2, 0.25) is 0 Å². The first-order valence-electron chi connectivity index (χ1n) is 6.19. The molecule has 0 saturated carbocycles. The molecule has 0 unspecified atom stereocenters. The van der Waals surface area contributed by atoms with Gasteiger partial charge in [0.05, 0.1) is 4.88 Å². The quantitative estimate of drug-likeness (QED) is 0.761. The molecule has 0 spiro atoms. The Balaban J connectivity index is 2.20. The molecule has 0 atom stereocenters. The van der Waals surface area contributed by atoms with Crippen LogP contribution in [0.15, 0.2) is 41.8 Å². The molecule has 18 heavy (non-hydrogen) atoms. The van der Waals surface area contributed by atoms with E-state index in [9.17, 15) is 4.79 Å². The average molecular weight is 259 g/mol. The standard InChI is InChI=1S/C15H17NOS/c1-3-16(4-2)13-9-7-12(8-10-13)15(17)14-6-5-11-18-14/h5-11H,3-4H2,1-2H3. The van der Waals surface area contributed by atoms with E-state index in [4.69, 9.17) is 0 Å². The van der Waals surface area contributed by atoms with Crippen LogP contribution in [0.25, 0.3) is 0 Å². The van der Waals surface area contributed by atoms with Gasteiger partial charge in [0.1, 0.15) is 0 Å². The van der Waals surface area contributed by atoms with E-state index >= 15 is 0 Å². The molecular weight excluding hydrogens is 242 g/mol. The lowest BCUT2D eigenvalue weighted by molar-refractivity contribution is 0.104. The molecule has 0 bridgehead atoms. The van der Waals surface area contributed by atoms with Gasteiger partial charge < -0.3 is 4.90 Å². The molecule has 2 nitrogen and oxygen atoms in total. The molecule has 0 aliphatic carbocycles. The van der Waals surface area contributed by atoms with Crippen LogP contribution in [0, 0.1) is 0 Å². The molecule has 0 saturated heterocycles. The van der Waals surface area contributed by atoms with Crippen molar-refractivity contribution in [1.29, 1.82) is 0 Å². The zero-order chi connectivity index (χ0) is 13.0. The van der Waals surface area contributed by atoms with Crippen LogP contribution in [-0.4, -0.2) is 18.9 Å². The van der Waals surface area contributed by atoms with Gasteiger partial charge in [0.2, 0.25) is 5.78 Å². The molecule has 3 heteroatoms. The van der Waals surface area contributed by atoms with Crippen molar-refractivity contribution in [1.82, 2.24) is 0 Å². The second-order valence-corrected chi connectivity index (χ2v) is 4.97. The fourth-order valence-electron chi connectivity index (χ4n) is 1.96. The molecule has 0 aliphatic rings. The number of benzene rings is 1. The highest BCUT2D eigenvalue weighted by Crippen LogP contribution is 2.19. The van der Waals surface area contributed by atoms with E-state index in [2.05, 4.69) is 18.7 Å². The van der Waals surface area contributed by atoms with Crippen LogP contribution in [0.1, 0.15) is 29.1 Å². The maximum absolute atomic E-state index is 12.1. The van der Waals surface area contributed by atoms with Crippen LogP contribution in [-0.2, 0) is 0 Å². The summed E-state index contributed by atoms with van der Waals surface area (Å²) in [5.41, 5.74) is 1.93. The van der Waals surface area contributed by atoms with Gasteiger partial charge >= 0.3 is 0 Å². The lowest BCUT2D eigenvalue weighted by atomic mass is 10.1. The van der Waals surface area contributed by atoms with Gasteiger partial charge in [0.25, 0.3) is 0 Å². The normalized spacial score (nSPS) is 10.3. The molecule has 0 fully saturated rings. The van der Waals surface area contributed by atoms with Crippen LogP contribution in [0.3, 0.4) is 0 Å². The number of carbonyl (C=O) groups is 1. The first-order chi connectivity index (χ1) is 8.76. The number of anilines is 1. The van der Waals surface area contributed by atoms with E-state index in [1.54, 1.807) is 0 Å². The summed E-state index contributed by atoms with van der Waals surface area (Å²) in [6.07, 6.45) is 0. The van der Waals surface area contributed by atoms with Crippen molar-refractivity contribution in [2.75, 3.05) is 18.0 Å². The first kappa shape index (κ1) is 12.8. The molecule has 2 rings (SSSR count). The van der Waals surface area contributed by atoms with Crippen LogP contribution >= 0.6 is 11.3 Å². The van der Waals surface area contributed by atoms with Gasteiger partial charge in [-0.1, -0.05) is 6.07 Å². The Morgan fingerprint density at radius 1 is 1.11 bits per heavy atom. The van der Waals surface area contributed by atoms with Gasteiger partial charge in [-0.15, -0.1) is 11.3 Å². The highest BCUT2D eigenvalue weighted by atomic mass is 32.1. The van der Waals surface area contributed by atoms with Gasteiger partial charge in [-0.3, -0.25) is 4.79 Å². The minimum absolute atomic E-state index is 0.107. The monoisotopic (exact) mass is 259 g/mol. The Hall–Kier alpha value is -1.61. The fourth-order valence-corrected chi connectivity index (χ4v) is 2.65. The predicted molar refractivity (Wildman–Crippen MR) is 77.8 cm³/mol. The smallest absolute Gasteiger partial charge is 0.202 e. The van der Waals surface area contributed by atoms with Crippen molar-refractivity contribution in [3.05, 3.63) is 52.2 Å². The minimum atomic E-state index is 0.107. The Morgan fingerprint density at radius 2 is 1.78 bits per heavy atom. The van der Waals surface area contributed by atoms with E-state index in [0.29, 0.717) is 0 Å². The Kier molecular flexibility index (Phi) is 4.15. The molecule has 0 aliphatic heterocycles. The third kappa shape index (κ3) is 2.62. The van der Waals surface area contributed by atoms with Crippen molar-refractivity contribution in [3.63, 3.8) is 0 Å². The van der Waals surface area contributed by atoms with Crippen molar-refractivity contribution in [2.24, 2.45) is 0 Å². The number of ketones is 1. The number of rotatable bonds is 5. The van der Waals surface area contributed by atoms with Crippen LogP contribution in [0.4, 0.5) is 5.69 Å². The third-order valence-electron chi connectivity index (χ3n) is 3.00. The second kappa shape index (κ2) is 5.83. The van der Waals surface area contributed by atoms with E-state index in [0.717, 1.165) is 23.5 Å². The van der Waals surface area contributed by atoms with E-state index < -0.39 is 0 Å². The lowest BCUT2D eigenvalue weighted by Gasteiger charge is -2.20. The van der Waals surface area contributed by atoms with Crippen molar-refractivity contribution in [3.8, 4) is 0 Å². The van der Waals surface area contributed by atoms with Crippen molar-refractivity contribution in [2.45, 2.75) is 13.8 Å². The first-order valence-corrected chi connectivity index (χ1v) is 7.07. The maximum atomic E-state index is 12.1. The zero-order valence-electron chi connectivity index (χ0n) is 10.7. The maximum Gasteiger partial charge on any atom is 0.202 e. The summed E-state index contributed by atoms with van der Waals surface area (Å²) in [6.45, 7) is 6.23. The lowest BCUT2D eigenvalue weighted by Crippen LogP contribution is -2.21. The summed E-state index contributed by atoms with van der Waals surface area (Å²) in [7, 11) is 0. The van der Waals surface area contributed by atoms with E-state index in [1.165, 1.54) is 17.0 Å². The molecule has 2 aromatic rings. The molecule has 0 amide bonds. The molecule has 1 heterocycles. The summed E-state index contributed by atoms with van der Waals surface area (Å²) < 4.78 is 0. The second-order valence-electron chi connectivity index (χ2n) is 4.03. The number of nitrogens with zero attached hydrogens (tertiary/aromatic N) is 1. The molecule has 1 aromatic heterocycles. The topological polar surface area (TPSA) is 20.3 Å². The molecular formula is C15H17NOS. The van der Waals surface area contributed by atoms with Gasteiger partial charge in [0.15, 0.2) is 0 Å². The largest absolute Gasteiger partial charge is 0.372 e. The fraction of sp³-hybridized carbons (Fsp3) is 0.267. The summed E-state index contributed by atoms with van der Waals surface area (Å²) in [5, 5.41) is 1.93. The number of thiophene rings is 1. The van der Waals surface area contributed by atoms with Gasteiger partial charge in [-0.2, -0.15) is 0 Å². The summed E-state index contributed by atoms with van der Waals surface area (Å²) >= 11 is 1.49. The van der Waals surface area contributed by atoms with E-state index in [-0.39, 0.29) is 5.78 Å². The summed E-state index contributed by atoms with van der Waals surface area (Å²) in [6, 6.07) is 11.6. The number of hydrogen-bond acceptors (Lipinski definition) is 3. The minimum Gasteiger partial charge on any atom is -0.372 e. The molecule has 1 aromatic carbocycles. The SMILES string of the molecule is CCN(CC)c1ccc(C(=O)c2cccs2)cc1. The Morgan fingerprint density at radius 3 is 2.28 bits per heavy atom. The van der Waals surface area contributed by atoms with Gasteiger partial charge in [-0.25, -0.2) is 0 Å². The number of carbonyl (C=O) groups excluding carboxylic acids is 1. The zero-order valence-corrected chi connectivity index (χ0v) is 11.5. The van der Waals surface area contributed by atoms with Crippen molar-refractivity contribution >= 4 is 22.8 Å². The summed E-state index contributed by atoms with van der Waals surface area (Å²) in [4.78, 5) is 15.2. The predicted octanol–water partition coefficient (Wildman–Crippen LogP) is 3.83. The summed E-state index contributed by atoms with van der Waals surface area (Å²) in [5.74, 6) is 0.107. The van der Waals surface area contributed by atoms with E-state index in [1.807, 2.05) is 41.8 Å². The molecule has 94 valence electrons. The number of hydrogen-bond donors (Lipinski definition) is 0. The highest BCUT2D eigenvalue weighted by Gasteiger charge is 2.10.